The number of hydrogen-bond acceptors (Lipinski definition) is 2. The van der Waals surface area contributed by atoms with Crippen molar-refractivity contribution < 1.29 is 4.79 Å². The van der Waals surface area contributed by atoms with E-state index < -0.39 is 0 Å². The molecule has 1 saturated carbocycles. The van der Waals surface area contributed by atoms with Gasteiger partial charge in [-0.3, -0.25) is 4.90 Å². The lowest BCUT2D eigenvalue weighted by molar-refractivity contribution is 0.252. The molecule has 1 aromatic carbocycles. The average Bonchev–Trinajstić information content (AvgIpc) is 2.84. The standard InChI is InChI=1S/C17H25N3O/c1-12-8-13(2)10-15(9-12)19-14-4-3-5-16(11-14)20-7-6-18-17(20)21/h3-5,11-13,15,19H,6-10H2,1-2H3,(H,18,21). The van der Waals surface area contributed by atoms with Crippen LogP contribution in [0.2, 0.25) is 0 Å². The van der Waals surface area contributed by atoms with Gasteiger partial charge in [0.15, 0.2) is 0 Å². The van der Waals surface area contributed by atoms with Crippen molar-refractivity contribution in [3.8, 4) is 0 Å². The predicted octanol–water partition coefficient (Wildman–Crippen LogP) is 3.45. The first kappa shape index (κ1) is 14.2. The third kappa shape index (κ3) is 3.31. The van der Waals surface area contributed by atoms with E-state index in [-0.39, 0.29) is 6.03 Å². The molecule has 0 aromatic heterocycles. The summed E-state index contributed by atoms with van der Waals surface area (Å²) < 4.78 is 0. The Morgan fingerprint density at radius 2 is 1.95 bits per heavy atom. The minimum Gasteiger partial charge on any atom is -0.382 e. The van der Waals surface area contributed by atoms with Gasteiger partial charge in [0.1, 0.15) is 0 Å². The molecule has 21 heavy (non-hydrogen) atoms. The summed E-state index contributed by atoms with van der Waals surface area (Å²) in [6, 6.07) is 8.77. The monoisotopic (exact) mass is 287 g/mol. The van der Waals surface area contributed by atoms with E-state index in [0.29, 0.717) is 6.04 Å². The second kappa shape index (κ2) is 5.96. The molecule has 2 unspecified atom stereocenters. The van der Waals surface area contributed by atoms with Crippen LogP contribution in [-0.4, -0.2) is 25.2 Å². The van der Waals surface area contributed by atoms with Gasteiger partial charge in [0.05, 0.1) is 0 Å². The van der Waals surface area contributed by atoms with E-state index in [0.717, 1.165) is 36.3 Å². The molecule has 114 valence electrons. The second-order valence-electron chi connectivity index (χ2n) is 6.69. The molecule has 2 fully saturated rings. The molecule has 0 radical (unpaired) electrons. The molecule has 0 bridgehead atoms. The van der Waals surface area contributed by atoms with Gasteiger partial charge < -0.3 is 10.6 Å². The van der Waals surface area contributed by atoms with Crippen LogP contribution in [0.25, 0.3) is 0 Å². The van der Waals surface area contributed by atoms with Crippen molar-refractivity contribution >= 4 is 17.4 Å². The smallest absolute Gasteiger partial charge is 0.321 e. The van der Waals surface area contributed by atoms with E-state index in [1.807, 2.05) is 12.1 Å². The quantitative estimate of drug-likeness (QED) is 0.894. The van der Waals surface area contributed by atoms with Crippen LogP contribution in [0.1, 0.15) is 33.1 Å². The number of nitrogens with one attached hydrogen (secondary N) is 2. The fourth-order valence-corrected chi connectivity index (χ4v) is 3.78. The molecule has 4 heteroatoms. The molecule has 1 saturated heterocycles. The summed E-state index contributed by atoms with van der Waals surface area (Å²) in [7, 11) is 0. The van der Waals surface area contributed by atoms with Gasteiger partial charge in [0.25, 0.3) is 0 Å². The number of nitrogens with zero attached hydrogens (tertiary/aromatic N) is 1. The van der Waals surface area contributed by atoms with Gasteiger partial charge >= 0.3 is 6.03 Å². The van der Waals surface area contributed by atoms with Crippen LogP contribution in [0, 0.1) is 11.8 Å². The molecule has 0 spiro atoms. The number of carbonyl (C=O) groups is 1. The van der Waals surface area contributed by atoms with Gasteiger partial charge in [-0.1, -0.05) is 19.9 Å². The molecule has 3 rings (SSSR count). The summed E-state index contributed by atoms with van der Waals surface area (Å²) in [6.07, 6.45) is 3.81. The fourth-order valence-electron chi connectivity index (χ4n) is 3.78. The fraction of sp³-hybridized carbons (Fsp3) is 0.588. The molecule has 4 nitrogen and oxygen atoms in total. The van der Waals surface area contributed by atoms with Crippen LogP contribution >= 0.6 is 0 Å². The van der Waals surface area contributed by atoms with E-state index >= 15 is 0 Å². The van der Waals surface area contributed by atoms with E-state index in [1.165, 1.54) is 19.3 Å². The van der Waals surface area contributed by atoms with Gasteiger partial charge in [0.2, 0.25) is 0 Å². The lowest BCUT2D eigenvalue weighted by atomic mass is 9.80. The highest BCUT2D eigenvalue weighted by atomic mass is 16.2. The Balaban J connectivity index is 1.70. The maximum Gasteiger partial charge on any atom is 0.321 e. The zero-order valence-corrected chi connectivity index (χ0v) is 12.9. The summed E-state index contributed by atoms with van der Waals surface area (Å²) in [5.74, 6) is 1.58. The topological polar surface area (TPSA) is 44.4 Å². The predicted molar refractivity (Wildman–Crippen MR) is 86.8 cm³/mol. The SMILES string of the molecule is CC1CC(C)CC(Nc2cccc(N3CCNC3=O)c2)C1. The van der Waals surface area contributed by atoms with Crippen LogP contribution in [0.4, 0.5) is 16.2 Å². The second-order valence-corrected chi connectivity index (χ2v) is 6.69. The maximum atomic E-state index is 11.8. The highest BCUT2D eigenvalue weighted by Crippen LogP contribution is 2.31. The van der Waals surface area contributed by atoms with Gasteiger partial charge in [-0.15, -0.1) is 0 Å². The molecular formula is C17H25N3O. The molecule has 1 heterocycles. The van der Waals surface area contributed by atoms with Gasteiger partial charge in [0, 0.05) is 30.5 Å². The zero-order chi connectivity index (χ0) is 14.8. The van der Waals surface area contributed by atoms with Crippen molar-refractivity contribution in [2.75, 3.05) is 23.3 Å². The van der Waals surface area contributed by atoms with Crippen LogP contribution < -0.4 is 15.5 Å². The first-order chi connectivity index (χ1) is 10.1. The largest absolute Gasteiger partial charge is 0.382 e. The number of carbonyl (C=O) groups excluding carboxylic acids is 1. The highest BCUT2D eigenvalue weighted by Gasteiger charge is 2.24. The first-order valence-corrected chi connectivity index (χ1v) is 8.04. The van der Waals surface area contributed by atoms with Gasteiger partial charge in [-0.25, -0.2) is 4.79 Å². The highest BCUT2D eigenvalue weighted by molar-refractivity contribution is 5.94. The summed E-state index contributed by atoms with van der Waals surface area (Å²) in [6.45, 7) is 6.17. The van der Waals surface area contributed by atoms with E-state index in [1.54, 1.807) is 4.90 Å². The number of hydrogen-bond donors (Lipinski definition) is 2. The first-order valence-electron chi connectivity index (χ1n) is 8.04. The Bertz CT molecular complexity index is 507. The Morgan fingerprint density at radius 1 is 1.19 bits per heavy atom. The van der Waals surface area contributed by atoms with Crippen LogP contribution in [0.15, 0.2) is 24.3 Å². The van der Waals surface area contributed by atoms with E-state index in [2.05, 4.69) is 36.6 Å². The number of rotatable bonds is 3. The Kier molecular flexibility index (Phi) is 4.04. The molecule has 2 atom stereocenters. The van der Waals surface area contributed by atoms with Crippen molar-refractivity contribution in [2.24, 2.45) is 11.8 Å². The van der Waals surface area contributed by atoms with Crippen molar-refractivity contribution in [1.82, 2.24) is 5.32 Å². The van der Waals surface area contributed by atoms with Crippen LogP contribution in [-0.2, 0) is 0 Å². The van der Waals surface area contributed by atoms with Crippen molar-refractivity contribution in [3.63, 3.8) is 0 Å². The zero-order valence-electron chi connectivity index (χ0n) is 12.9. The lowest BCUT2D eigenvalue weighted by Crippen LogP contribution is -2.30. The summed E-state index contributed by atoms with van der Waals surface area (Å²) in [5.41, 5.74) is 2.10. The number of urea groups is 1. The van der Waals surface area contributed by atoms with Crippen molar-refractivity contribution in [1.29, 1.82) is 0 Å². The van der Waals surface area contributed by atoms with Crippen molar-refractivity contribution in [3.05, 3.63) is 24.3 Å². The third-order valence-corrected chi connectivity index (χ3v) is 4.56. The van der Waals surface area contributed by atoms with Gasteiger partial charge in [-0.2, -0.15) is 0 Å². The van der Waals surface area contributed by atoms with E-state index in [9.17, 15) is 4.79 Å². The Hall–Kier alpha value is -1.71. The maximum absolute atomic E-state index is 11.8. The Morgan fingerprint density at radius 3 is 2.62 bits per heavy atom. The molecule has 2 amide bonds. The summed E-state index contributed by atoms with van der Waals surface area (Å²) in [4.78, 5) is 13.6. The van der Waals surface area contributed by atoms with Crippen LogP contribution in [0.5, 0.6) is 0 Å². The molecular weight excluding hydrogens is 262 g/mol. The summed E-state index contributed by atoms with van der Waals surface area (Å²) >= 11 is 0. The number of amides is 2. The molecule has 1 aromatic rings. The molecule has 2 N–H and O–H groups in total. The molecule has 1 aliphatic carbocycles. The van der Waals surface area contributed by atoms with Gasteiger partial charge in [-0.05, 0) is 49.3 Å². The normalized spacial score (nSPS) is 29.3. The van der Waals surface area contributed by atoms with E-state index in [4.69, 9.17) is 0 Å². The van der Waals surface area contributed by atoms with Crippen molar-refractivity contribution in [2.45, 2.75) is 39.2 Å². The minimum atomic E-state index is 0.00654. The Labute approximate surface area is 126 Å². The minimum absolute atomic E-state index is 0.00654. The lowest BCUT2D eigenvalue weighted by Gasteiger charge is -2.32. The molecule has 2 aliphatic rings. The number of benzene rings is 1. The number of anilines is 2. The molecule has 1 aliphatic heterocycles. The average molecular weight is 287 g/mol. The van der Waals surface area contributed by atoms with Crippen LogP contribution in [0.3, 0.4) is 0 Å². The third-order valence-electron chi connectivity index (χ3n) is 4.56. The summed E-state index contributed by atoms with van der Waals surface area (Å²) in [5, 5.41) is 6.51.